The summed E-state index contributed by atoms with van der Waals surface area (Å²) in [7, 11) is 0. The molecule has 1 aliphatic heterocycles. The molecule has 6 nitrogen and oxygen atoms in total. The molecular weight excluding hydrogens is 256 g/mol. The van der Waals surface area contributed by atoms with Crippen molar-refractivity contribution in [3.63, 3.8) is 0 Å². The number of amides is 2. The highest BCUT2D eigenvalue weighted by Gasteiger charge is 2.41. The molecule has 3 unspecified atom stereocenters. The topological polar surface area (TPSA) is 78.1 Å². The Morgan fingerprint density at radius 1 is 1.45 bits per heavy atom. The molecule has 2 rings (SSSR count). The molecule has 0 radical (unpaired) electrons. The number of carbonyl (C=O) groups excluding carboxylic acids is 2. The number of carbonyl (C=O) groups is 2. The van der Waals surface area contributed by atoms with Crippen molar-refractivity contribution in [3.05, 3.63) is 18.2 Å². The Kier molecular flexibility index (Phi) is 4.54. The summed E-state index contributed by atoms with van der Waals surface area (Å²) in [6.45, 7) is 5.90. The number of hydrogen-bond donors (Lipinski definition) is 2. The third kappa shape index (κ3) is 2.75. The summed E-state index contributed by atoms with van der Waals surface area (Å²) < 4.78 is 0. The maximum atomic E-state index is 12.3. The number of nitrogens with one attached hydrogen (secondary N) is 2. The van der Waals surface area contributed by atoms with Crippen LogP contribution in [0.5, 0.6) is 0 Å². The lowest BCUT2D eigenvalue weighted by Crippen LogP contribution is -2.43. The third-order valence-corrected chi connectivity index (χ3v) is 3.87. The zero-order chi connectivity index (χ0) is 14.7. The number of hydrogen-bond acceptors (Lipinski definition) is 4. The minimum absolute atomic E-state index is 0.0366. The Hall–Kier alpha value is -1.69. The predicted octanol–water partition coefficient (Wildman–Crippen LogP) is 1.38. The van der Waals surface area contributed by atoms with Crippen molar-refractivity contribution in [2.45, 2.75) is 58.2 Å². The molecule has 0 bridgehead atoms. The Morgan fingerprint density at radius 2 is 2.20 bits per heavy atom. The van der Waals surface area contributed by atoms with E-state index >= 15 is 0 Å². The number of aromatic amines is 1. The molecule has 2 heterocycles. The fourth-order valence-corrected chi connectivity index (χ4v) is 2.53. The van der Waals surface area contributed by atoms with Gasteiger partial charge < -0.3 is 4.98 Å². The Bertz CT molecular complexity index is 472. The van der Waals surface area contributed by atoms with Crippen LogP contribution >= 0.6 is 0 Å². The van der Waals surface area contributed by atoms with E-state index in [4.69, 9.17) is 0 Å². The quantitative estimate of drug-likeness (QED) is 0.771. The van der Waals surface area contributed by atoms with Crippen molar-refractivity contribution < 1.29 is 9.59 Å². The number of H-pyrrole nitrogens is 1. The smallest absolute Gasteiger partial charge is 0.247 e. The lowest BCUT2D eigenvalue weighted by atomic mass is 10.1. The highest BCUT2D eigenvalue weighted by Crippen LogP contribution is 2.21. The molecule has 0 saturated carbocycles. The third-order valence-electron chi connectivity index (χ3n) is 3.87. The van der Waals surface area contributed by atoms with Gasteiger partial charge in [0.25, 0.3) is 0 Å². The number of aromatic nitrogens is 2. The number of nitrogens with zero attached hydrogens (tertiary/aromatic N) is 2. The van der Waals surface area contributed by atoms with Gasteiger partial charge in [0.15, 0.2) is 0 Å². The molecule has 20 heavy (non-hydrogen) atoms. The first-order valence-electron chi connectivity index (χ1n) is 7.19. The summed E-state index contributed by atoms with van der Waals surface area (Å²) in [4.78, 5) is 33.0. The second kappa shape index (κ2) is 6.17. The van der Waals surface area contributed by atoms with Crippen molar-refractivity contribution in [2.24, 2.45) is 0 Å². The largest absolute Gasteiger partial charge is 0.347 e. The summed E-state index contributed by atoms with van der Waals surface area (Å²) in [6, 6.07) is -0.513. The number of likely N-dealkylation sites (tertiary alicyclic amines) is 1. The molecule has 3 atom stereocenters. The van der Waals surface area contributed by atoms with Gasteiger partial charge in [-0.05, 0) is 19.8 Å². The van der Waals surface area contributed by atoms with E-state index in [9.17, 15) is 9.59 Å². The van der Waals surface area contributed by atoms with Crippen LogP contribution in [0.15, 0.2) is 12.4 Å². The second-order valence-corrected chi connectivity index (χ2v) is 5.22. The van der Waals surface area contributed by atoms with E-state index in [2.05, 4.69) is 15.3 Å². The van der Waals surface area contributed by atoms with Crippen LogP contribution in [0.1, 0.15) is 51.9 Å². The lowest BCUT2D eigenvalue weighted by Gasteiger charge is -2.23. The van der Waals surface area contributed by atoms with Crippen LogP contribution < -0.4 is 5.32 Å². The Balaban J connectivity index is 2.07. The Labute approximate surface area is 119 Å². The van der Waals surface area contributed by atoms with Gasteiger partial charge in [-0.1, -0.05) is 13.8 Å². The first-order chi connectivity index (χ1) is 9.58. The van der Waals surface area contributed by atoms with Crippen LogP contribution in [-0.2, 0) is 9.59 Å². The number of imide groups is 1. The summed E-state index contributed by atoms with van der Waals surface area (Å²) in [6.07, 6.45) is 5.26. The molecule has 0 aromatic carbocycles. The molecule has 1 aromatic heterocycles. The van der Waals surface area contributed by atoms with Crippen LogP contribution in [-0.4, -0.2) is 38.8 Å². The summed E-state index contributed by atoms with van der Waals surface area (Å²) in [5.41, 5.74) is 0. The zero-order valence-electron chi connectivity index (χ0n) is 12.2. The number of imidazole rings is 1. The van der Waals surface area contributed by atoms with E-state index in [-0.39, 0.29) is 30.3 Å². The fraction of sp³-hybridized carbons (Fsp3) is 0.643. The van der Waals surface area contributed by atoms with Crippen LogP contribution in [0.2, 0.25) is 0 Å². The number of rotatable bonds is 6. The van der Waals surface area contributed by atoms with Crippen LogP contribution in [0.3, 0.4) is 0 Å². The van der Waals surface area contributed by atoms with Gasteiger partial charge in [0, 0.05) is 18.4 Å². The second-order valence-electron chi connectivity index (χ2n) is 5.22. The van der Waals surface area contributed by atoms with Crippen molar-refractivity contribution in [1.29, 1.82) is 0 Å². The fourth-order valence-electron chi connectivity index (χ4n) is 2.53. The molecule has 6 heteroatoms. The molecule has 1 saturated heterocycles. The molecule has 2 N–H and O–H groups in total. The van der Waals surface area contributed by atoms with Gasteiger partial charge >= 0.3 is 0 Å². The molecule has 2 amide bonds. The summed E-state index contributed by atoms with van der Waals surface area (Å²) >= 11 is 0. The van der Waals surface area contributed by atoms with E-state index < -0.39 is 6.04 Å². The van der Waals surface area contributed by atoms with Crippen molar-refractivity contribution in [3.8, 4) is 0 Å². The molecule has 1 fully saturated rings. The molecule has 0 aliphatic carbocycles. The van der Waals surface area contributed by atoms with Gasteiger partial charge in [0.2, 0.25) is 11.8 Å². The van der Waals surface area contributed by atoms with E-state index in [1.54, 1.807) is 12.4 Å². The van der Waals surface area contributed by atoms with Gasteiger partial charge in [0.05, 0.1) is 18.5 Å². The van der Waals surface area contributed by atoms with E-state index in [1.807, 2.05) is 20.8 Å². The molecule has 1 aliphatic rings. The van der Waals surface area contributed by atoms with Crippen LogP contribution in [0, 0.1) is 0 Å². The van der Waals surface area contributed by atoms with Crippen molar-refractivity contribution in [1.82, 2.24) is 20.2 Å². The molecule has 0 spiro atoms. The van der Waals surface area contributed by atoms with Crippen LogP contribution in [0.25, 0.3) is 0 Å². The van der Waals surface area contributed by atoms with Gasteiger partial charge in [-0.2, -0.15) is 0 Å². The molecule has 110 valence electrons. The molecule has 1 aromatic rings. The summed E-state index contributed by atoms with van der Waals surface area (Å²) in [5.74, 6) is 0.597. The van der Waals surface area contributed by atoms with Gasteiger partial charge in [-0.3, -0.25) is 19.8 Å². The highest BCUT2D eigenvalue weighted by molar-refractivity contribution is 6.05. The first-order valence-corrected chi connectivity index (χ1v) is 7.19. The molecular formula is C14H22N4O2. The van der Waals surface area contributed by atoms with Gasteiger partial charge in [0.1, 0.15) is 5.82 Å². The SMILES string of the molecule is CCC(NC1CC(=O)N(C(C)CC)C1=O)c1ncc[nH]1. The average molecular weight is 278 g/mol. The average Bonchev–Trinajstić information content (AvgIpc) is 3.04. The van der Waals surface area contributed by atoms with Gasteiger partial charge in [-0.15, -0.1) is 0 Å². The standard InChI is InChI=1S/C14H22N4O2/c1-4-9(3)18-12(19)8-11(14(18)20)17-10(5-2)13-15-6-7-16-13/h6-7,9-11,17H,4-5,8H2,1-3H3,(H,15,16). The minimum atomic E-state index is -0.438. The van der Waals surface area contributed by atoms with E-state index in [0.29, 0.717) is 0 Å². The maximum Gasteiger partial charge on any atom is 0.247 e. The first kappa shape index (κ1) is 14.7. The summed E-state index contributed by atoms with van der Waals surface area (Å²) in [5, 5.41) is 3.25. The van der Waals surface area contributed by atoms with Crippen molar-refractivity contribution in [2.75, 3.05) is 0 Å². The zero-order valence-corrected chi connectivity index (χ0v) is 12.2. The van der Waals surface area contributed by atoms with Crippen LogP contribution in [0.4, 0.5) is 0 Å². The lowest BCUT2D eigenvalue weighted by molar-refractivity contribution is -0.141. The maximum absolute atomic E-state index is 12.3. The minimum Gasteiger partial charge on any atom is -0.347 e. The van der Waals surface area contributed by atoms with E-state index in [0.717, 1.165) is 18.7 Å². The predicted molar refractivity (Wildman–Crippen MR) is 74.8 cm³/mol. The monoisotopic (exact) mass is 278 g/mol. The van der Waals surface area contributed by atoms with Gasteiger partial charge in [-0.25, -0.2) is 4.98 Å². The van der Waals surface area contributed by atoms with Crippen molar-refractivity contribution >= 4 is 11.8 Å². The normalized spacial score (nSPS) is 22.4. The highest BCUT2D eigenvalue weighted by atomic mass is 16.2. The Morgan fingerprint density at radius 3 is 2.75 bits per heavy atom. The van der Waals surface area contributed by atoms with E-state index in [1.165, 1.54) is 4.90 Å².